The monoisotopic (exact) mass is 378 g/mol. The smallest absolute Gasteiger partial charge is 0.219 e. The van der Waals surface area contributed by atoms with Crippen molar-refractivity contribution < 1.29 is 8.42 Å². The van der Waals surface area contributed by atoms with Crippen LogP contribution in [0, 0.1) is 6.92 Å². The second kappa shape index (κ2) is 7.25. The van der Waals surface area contributed by atoms with Gasteiger partial charge in [0, 0.05) is 18.9 Å². The quantitative estimate of drug-likeness (QED) is 0.692. The number of rotatable bonds is 4. The number of pyridine rings is 1. The molecule has 0 saturated carbocycles. The first kappa shape index (κ1) is 17.9. The third kappa shape index (κ3) is 3.66. The number of fused-ring (bicyclic) bond motifs is 1. The first-order chi connectivity index (χ1) is 13.0. The second-order valence-corrected chi connectivity index (χ2v) is 8.91. The molecule has 0 N–H and O–H groups in total. The number of hydrogen-bond acceptors (Lipinski definition) is 3. The van der Waals surface area contributed by atoms with Crippen LogP contribution in [0.25, 0.3) is 0 Å². The van der Waals surface area contributed by atoms with Crippen molar-refractivity contribution in [3.05, 3.63) is 101 Å². The Morgan fingerprint density at radius 2 is 1.81 bits per heavy atom. The molecule has 1 atom stereocenters. The van der Waals surface area contributed by atoms with Gasteiger partial charge in [0.1, 0.15) is 0 Å². The van der Waals surface area contributed by atoms with Gasteiger partial charge in [0.25, 0.3) is 0 Å². The zero-order valence-corrected chi connectivity index (χ0v) is 16.1. The number of nitrogens with zero attached hydrogens (tertiary/aromatic N) is 2. The Balaban J connectivity index is 1.76. The van der Waals surface area contributed by atoms with E-state index in [1.165, 1.54) is 5.56 Å². The predicted octanol–water partition coefficient (Wildman–Crippen LogP) is 3.87. The molecule has 1 unspecified atom stereocenters. The first-order valence-electron chi connectivity index (χ1n) is 9.07. The van der Waals surface area contributed by atoms with E-state index in [1.807, 2.05) is 61.5 Å². The predicted molar refractivity (Wildman–Crippen MR) is 107 cm³/mol. The Kier molecular flexibility index (Phi) is 4.81. The highest BCUT2D eigenvalue weighted by atomic mass is 32.2. The van der Waals surface area contributed by atoms with Crippen molar-refractivity contribution in [2.24, 2.45) is 0 Å². The normalized spacial score (nSPS) is 17.4. The number of aryl methyl sites for hydroxylation is 1. The molecule has 0 bridgehead atoms. The van der Waals surface area contributed by atoms with Gasteiger partial charge < -0.3 is 0 Å². The van der Waals surface area contributed by atoms with E-state index in [1.54, 1.807) is 16.7 Å². The van der Waals surface area contributed by atoms with Gasteiger partial charge in [-0.1, -0.05) is 54.1 Å². The van der Waals surface area contributed by atoms with Crippen LogP contribution >= 0.6 is 0 Å². The summed E-state index contributed by atoms with van der Waals surface area (Å²) in [6, 6.07) is 19.3. The van der Waals surface area contributed by atoms with Gasteiger partial charge in [-0.3, -0.25) is 4.98 Å². The summed E-state index contributed by atoms with van der Waals surface area (Å²) in [5.41, 5.74) is 5.11. The third-order valence-corrected chi connectivity index (χ3v) is 6.86. The summed E-state index contributed by atoms with van der Waals surface area (Å²) in [7, 11) is -3.48. The summed E-state index contributed by atoms with van der Waals surface area (Å²) in [5.74, 6) is 0.0123. The fraction of sp³-hybridized carbons (Fsp3) is 0.227. The molecular formula is C22H22N2O2S. The third-order valence-electron chi connectivity index (χ3n) is 5.05. The molecule has 1 aliphatic heterocycles. The minimum atomic E-state index is -3.48. The fourth-order valence-electron chi connectivity index (χ4n) is 3.83. The molecular weight excluding hydrogens is 356 g/mol. The average molecular weight is 378 g/mol. The summed E-state index contributed by atoms with van der Waals surface area (Å²) < 4.78 is 28.4. The zero-order chi connectivity index (χ0) is 18.9. The highest BCUT2D eigenvalue weighted by Gasteiger charge is 2.36. The Bertz CT molecular complexity index is 1050. The van der Waals surface area contributed by atoms with Crippen LogP contribution in [-0.2, 0) is 22.2 Å². The van der Waals surface area contributed by atoms with Crippen LogP contribution < -0.4 is 0 Å². The lowest BCUT2D eigenvalue weighted by atomic mass is 9.90. The summed E-state index contributed by atoms with van der Waals surface area (Å²) in [6.45, 7) is 2.46. The minimum Gasteiger partial charge on any atom is -0.265 e. The summed E-state index contributed by atoms with van der Waals surface area (Å²) in [4.78, 5) is 4.09. The largest absolute Gasteiger partial charge is 0.265 e. The molecule has 0 amide bonds. The molecule has 4 rings (SSSR count). The van der Waals surface area contributed by atoms with Crippen LogP contribution in [0.4, 0.5) is 0 Å². The molecule has 1 aliphatic rings. The molecule has 0 aliphatic carbocycles. The molecule has 0 radical (unpaired) electrons. The molecule has 2 heterocycles. The first-order valence-corrected chi connectivity index (χ1v) is 10.7. The van der Waals surface area contributed by atoms with Gasteiger partial charge >= 0.3 is 0 Å². The van der Waals surface area contributed by atoms with E-state index in [4.69, 9.17) is 0 Å². The molecule has 4 nitrogen and oxygen atoms in total. The summed E-state index contributed by atoms with van der Waals surface area (Å²) >= 11 is 0. The molecule has 5 heteroatoms. The Labute approximate surface area is 160 Å². The van der Waals surface area contributed by atoms with E-state index < -0.39 is 10.0 Å². The number of sulfonamides is 1. The van der Waals surface area contributed by atoms with Crippen molar-refractivity contribution in [3.8, 4) is 0 Å². The van der Waals surface area contributed by atoms with Crippen LogP contribution in [0.2, 0.25) is 0 Å². The summed E-state index contributed by atoms with van der Waals surface area (Å²) in [5, 5.41) is 0. The lowest BCUT2D eigenvalue weighted by molar-refractivity contribution is 0.343. The molecule has 0 spiro atoms. The molecule has 3 aromatic rings. The molecule has 2 aromatic carbocycles. The standard InChI is InChI=1S/C22H22N2O2S/c1-17-5-4-6-18(15-17)16-27(25,26)24-14-11-19-7-2-3-8-21(19)22(24)20-9-12-23-13-10-20/h2-10,12-13,15,22H,11,14,16H2,1H3. The van der Waals surface area contributed by atoms with Crippen molar-refractivity contribution in [1.29, 1.82) is 0 Å². The molecule has 0 fully saturated rings. The molecule has 1 aromatic heterocycles. The zero-order valence-electron chi connectivity index (χ0n) is 15.2. The maximum atomic E-state index is 13.4. The van der Waals surface area contributed by atoms with Crippen molar-refractivity contribution in [1.82, 2.24) is 9.29 Å². The maximum Gasteiger partial charge on any atom is 0.219 e. The van der Waals surface area contributed by atoms with Crippen LogP contribution in [0.15, 0.2) is 73.1 Å². The van der Waals surface area contributed by atoms with Crippen molar-refractivity contribution in [2.45, 2.75) is 25.1 Å². The van der Waals surface area contributed by atoms with E-state index in [9.17, 15) is 8.42 Å². The highest BCUT2D eigenvalue weighted by molar-refractivity contribution is 7.88. The molecule has 138 valence electrons. The lowest BCUT2D eigenvalue weighted by Gasteiger charge is -2.36. The lowest BCUT2D eigenvalue weighted by Crippen LogP contribution is -2.41. The average Bonchev–Trinajstić information content (AvgIpc) is 2.67. The number of aromatic nitrogens is 1. The molecule has 27 heavy (non-hydrogen) atoms. The Morgan fingerprint density at radius 3 is 2.59 bits per heavy atom. The van der Waals surface area contributed by atoms with Gasteiger partial charge in [0.15, 0.2) is 0 Å². The number of hydrogen-bond donors (Lipinski definition) is 0. The Hall–Kier alpha value is -2.50. The molecule has 0 saturated heterocycles. The minimum absolute atomic E-state index is 0.0123. The second-order valence-electron chi connectivity index (χ2n) is 6.99. The van der Waals surface area contributed by atoms with Crippen LogP contribution in [0.5, 0.6) is 0 Å². The SMILES string of the molecule is Cc1cccc(CS(=O)(=O)N2CCc3ccccc3C2c2ccncc2)c1. The van der Waals surface area contributed by atoms with Gasteiger partial charge in [-0.2, -0.15) is 4.31 Å². The van der Waals surface area contributed by atoms with Crippen LogP contribution in [0.3, 0.4) is 0 Å². The van der Waals surface area contributed by atoms with Gasteiger partial charge in [0.05, 0.1) is 11.8 Å². The highest BCUT2D eigenvalue weighted by Crippen LogP contribution is 2.37. The van der Waals surface area contributed by atoms with E-state index in [0.29, 0.717) is 6.54 Å². The Morgan fingerprint density at radius 1 is 1.04 bits per heavy atom. The van der Waals surface area contributed by atoms with Crippen molar-refractivity contribution >= 4 is 10.0 Å². The van der Waals surface area contributed by atoms with E-state index in [-0.39, 0.29) is 11.8 Å². The van der Waals surface area contributed by atoms with Crippen molar-refractivity contribution in [3.63, 3.8) is 0 Å². The van der Waals surface area contributed by atoms with Crippen LogP contribution in [0.1, 0.15) is 33.9 Å². The van der Waals surface area contributed by atoms with E-state index >= 15 is 0 Å². The van der Waals surface area contributed by atoms with E-state index in [0.717, 1.165) is 28.7 Å². The van der Waals surface area contributed by atoms with Gasteiger partial charge in [-0.05, 0) is 47.7 Å². The summed E-state index contributed by atoms with van der Waals surface area (Å²) in [6.07, 6.45) is 4.17. The van der Waals surface area contributed by atoms with Crippen molar-refractivity contribution in [2.75, 3.05) is 6.54 Å². The number of benzene rings is 2. The maximum absolute atomic E-state index is 13.4. The van der Waals surface area contributed by atoms with Gasteiger partial charge in [-0.25, -0.2) is 8.42 Å². The van der Waals surface area contributed by atoms with Gasteiger partial charge in [-0.15, -0.1) is 0 Å². The topological polar surface area (TPSA) is 50.3 Å². The van der Waals surface area contributed by atoms with E-state index in [2.05, 4.69) is 11.1 Å². The fourth-order valence-corrected chi connectivity index (χ4v) is 5.52. The van der Waals surface area contributed by atoms with Gasteiger partial charge in [0.2, 0.25) is 10.0 Å². The van der Waals surface area contributed by atoms with Crippen LogP contribution in [-0.4, -0.2) is 24.3 Å².